The van der Waals surface area contributed by atoms with E-state index in [1.165, 1.54) is 6.20 Å². The zero-order valence-electron chi connectivity index (χ0n) is 14.8. The van der Waals surface area contributed by atoms with Crippen molar-refractivity contribution in [2.45, 2.75) is 13.3 Å². The fourth-order valence-corrected chi connectivity index (χ4v) is 2.17. The third kappa shape index (κ3) is 4.88. The molecule has 0 saturated heterocycles. The molecule has 27 heavy (non-hydrogen) atoms. The Kier molecular flexibility index (Phi) is 5.41. The molecule has 3 aromatic rings. The molecule has 138 valence electrons. The molecule has 0 spiro atoms. The average Bonchev–Trinajstić information content (AvgIpc) is 3.10. The SMILES string of the molecule is CCC(=O)NC(=O)Nc1ccc(Oc2ccnc(-c3cn(C)cn3)c2)cn1. The quantitative estimate of drug-likeness (QED) is 0.718. The largest absolute Gasteiger partial charge is 0.456 e. The summed E-state index contributed by atoms with van der Waals surface area (Å²) in [6.07, 6.45) is 6.89. The number of nitrogens with one attached hydrogen (secondary N) is 2. The van der Waals surface area contributed by atoms with Gasteiger partial charge >= 0.3 is 6.03 Å². The number of hydrogen-bond acceptors (Lipinski definition) is 6. The van der Waals surface area contributed by atoms with Crippen molar-refractivity contribution in [1.29, 1.82) is 0 Å². The third-order valence-electron chi connectivity index (χ3n) is 3.49. The molecule has 9 heteroatoms. The number of carbonyl (C=O) groups excluding carboxylic acids is 2. The second-order valence-electron chi connectivity index (χ2n) is 5.64. The number of pyridine rings is 2. The topological polar surface area (TPSA) is 111 Å². The van der Waals surface area contributed by atoms with Gasteiger partial charge in [0.05, 0.1) is 18.2 Å². The normalized spacial score (nSPS) is 10.3. The molecule has 0 aliphatic rings. The summed E-state index contributed by atoms with van der Waals surface area (Å²) in [5.74, 6) is 1.00. The molecule has 0 fully saturated rings. The number of urea groups is 1. The van der Waals surface area contributed by atoms with Crippen LogP contribution in [0.15, 0.2) is 49.2 Å². The van der Waals surface area contributed by atoms with Crippen molar-refractivity contribution in [2.24, 2.45) is 7.05 Å². The second-order valence-corrected chi connectivity index (χ2v) is 5.64. The van der Waals surface area contributed by atoms with E-state index in [0.29, 0.717) is 23.0 Å². The molecule has 0 radical (unpaired) electrons. The number of carbonyl (C=O) groups is 2. The van der Waals surface area contributed by atoms with Crippen LogP contribution in [0.1, 0.15) is 13.3 Å². The molecular formula is C18H18N6O3. The first-order chi connectivity index (χ1) is 13.0. The molecule has 0 bridgehead atoms. The Morgan fingerprint density at radius 2 is 1.96 bits per heavy atom. The van der Waals surface area contributed by atoms with Gasteiger partial charge in [-0.1, -0.05) is 6.92 Å². The fraction of sp³-hybridized carbons (Fsp3) is 0.167. The van der Waals surface area contributed by atoms with E-state index in [4.69, 9.17) is 4.74 Å². The van der Waals surface area contributed by atoms with E-state index in [2.05, 4.69) is 25.6 Å². The van der Waals surface area contributed by atoms with Crippen molar-refractivity contribution >= 4 is 17.8 Å². The Morgan fingerprint density at radius 3 is 2.63 bits per heavy atom. The second kappa shape index (κ2) is 8.09. The average molecular weight is 366 g/mol. The van der Waals surface area contributed by atoms with E-state index < -0.39 is 6.03 Å². The van der Waals surface area contributed by atoms with Gasteiger partial charge in [0, 0.05) is 31.9 Å². The Bertz CT molecular complexity index is 952. The van der Waals surface area contributed by atoms with Crippen LogP contribution in [0.4, 0.5) is 10.6 Å². The molecule has 2 N–H and O–H groups in total. The number of nitrogens with zero attached hydrogens (tertiary/aromatic N) is 4. The molecule has 0 unspecified atom stereocenters. The lowest BCUT2D eigenvalue weighted by atomic mass is 10.3. The van der Waals surface area contributed by atoms with Gasteiger partial charge in [-0.15, -0.1) is 0 Å². The van der Waals surface area contributed by atoms with Gasteiger partial charge in [-0.3, -0.25) is 20.4 Å². The fourth-order valence-electron chi connectivity index (χ4n) is 2.17. The van der Waals surface area contributed by atoms with Gasteiger partial charge in [-0.05, 0) is 18.2 Å². The summed E-state index contributed by atoms with van der Waals surface area (Å²) in [5, 5.41) is 4.65. The van der Waals surface area contributed by atoms with E-state index in [1.807, 2.05) is 17.8 Å². The first kappa shape index (κ1) is 18.1. The maximum Gasteiger partial charge on any atom is 0.327 e. The van der Waals surface area contributed by atoms with Gasteiger partial charge in [0.15, 0.2) is 0 Å². The maximum atomic E-state index is 11.6. The zero-order chi connectivity index (χ0) is 19.2. The van der Waals surface area contributed by atoms with Crippen molar-refractivity contribution < 1.29 is 14.3 Å². The summed E-state index contributed by atoms with van der Waals surface area (Å²) in [5.41, 5.74) is 1.44. The summed E-state index contributed by atoms with van der Waals surface area (Å²) in [7, 11) is 1.89. The van der Waals surface area contributed by atoms with Crippen molar-refractivity contribution in [2.75, 3.05) is 5.32 Å². The number of ether oxygens (including phenoxy) is 1. The molecule has 0 aromatic carbocycles. The van der Waals surface area contributed by atoms with Crippen LogP contribution in [0.3, 0.4) is 0 Å². The predicted octanol–water partition coefficient (Wildman–Crippen LogP) is 2.73. The van der Waals surface area contributed by atoms with Crippen LogP contribution in [0.2, 0.25) is 0 Å². The van der Waals surface area contributed by atoms with Crippen molar-refractivity contribution in [3.63, 3.8) is 0 Å². The minimum atomic E-state index is -0.628. The van der Waals surface area contributed by atoms with Gasteiger partial charge in [-0.2, -0.15) is 0 Å². The Labute approximate surface area is 155 Å². The molecular weight excluding hydrogens is 348 g/mol. The number of imide groups is 1. The summed E-state index contributed by atoms with van der Waals surface area (Å²) in [6, 6.07) is 6.11. The zero-order valence-corrected chi connectivity index (χ0v) is 14.8. The standard InChI is InChI=1S/C18H18N6O3/c1-3-17(25)23-18(26)22-16-5-4-13(9-20-16)27-12-6-7-19-14(8-12)15-10-24(2)11-21-15/h4-11H,3H2,1-2H3,(H2,20,22,23,25,26). The highest BCUT2D eigenvalue weighted by molar-refractivity contribution is 6.00. The molecule has 3 amide bonds. The number of rotatable bonds is 5. The Balaban J connectivity index is 1.65. The lowest BCUT2D eigenvalue weighted by Crippen LogP contribution is -2.33. The van der Waals surface area contributed by atoms with Crippen LogP contribution in [-0.2, 0) is 11.8 Å². The summed E-state index contributed by atoms with van der Waals surface area (Å²) in [6.45, 7) is 1.66. The Morgan fingerprint density at radius 1 is 1.11 bits per heavy atom. The highest BCUT2D eigenvalue weighted by Crippen LogP contribution is 2.24. The van der Waals surface area contributed by atoms with Crippen molar-refractivity contribution in [3.8, 4) is 22.9 Å². The van der Waals surface area contributed by atoms with E-state index in [-0.39, 0.29) is 12.3 Å². The molecule has 0 aliphatic carbocycles. The van der Waals surface area contributed by atoms with Crippen molar-refractivity contribution in [3.05, 3.63) is 49.2 Å². The van der Waals surface area contributed by atoms with Crippen LogP contribution in [0, 0.1) is 0 Å². The van der Waals surface area contributed by atoms with Gasteiger partial charge in [-0.25, -0.2) is 14.8 Å². The summed E-state index contributed by atoms with van der Waals surface area (Å²) < 4.78 is 7.61. The molecule has 0 saturated carbocycles. The van der Waals surface area contributed by atoms with E-state index in [1.54, 1.807) is 43.7 Å². The van der Waals surface area contributed by atoms with Gasteiger partial charge in [0.2, 0.25) is 5.91 Å². The molecule has 3 aromatic heterocycles. The van der Waals surface area contributed by atoms with Crippen LogP contribution in [0.5, 0.6) is 11.5 Å². The summed E-state index contributed by atoms with van der Waals surface area (Å²) >= 11 is 0. The van der Waals surface area contributed by atoms with E-state index in [0.717, 1.165) is 5.69 Å². The first-order valence-corrected chi connectivity index (χ1v) is 8.22. The predicted molar refractivity (Wildman–Crippen MR) is 98.2 cm³/mol. The summed E-state index contributed by atoms with van der Waals surface area (Å²) in [4.78, 5) is 35.4. The molecule has 9 nitrogen and oxygen atoms in total. The minimum Gasteiger partial charge on any atom is -0.456 e. The first-order valence-electron chi connectivity index (χ1n) is 8.22. The van der Waals surface area contributed by atoms with Crippen molar-refractivity contribution in [1.82, 2.24) is 24.8 Å². The number of anilines is 1. The number of aryl methyl sites for hydroxylation is 1. The monoisotopic (exact) mass is 366 g/mol. The maximum absolute atomic E-state index is 11.6. The highest BCUT2D eigenvalue weighted by Gasteiger charge is 2.08. The molecule has 3 rings (SSSR count). The van der Waals surface area contributed by atoms with Gasteiger partial charge in [0.25, 0.3) is 0 Å². The number of hydrogen-bond donors (Lipinski definition) is 2. The number of aromatic nitrogens is 4. The van der Waals surface area contributed by atoms with Gasteiger partial charge in [0.1, 0.15) is 23.0 Å². The van der Waals surface area contributed by atoms with Crippen LogP contribution < -0.4 is 15.4 Å². The lowest BCUT2D eigenvalue weighted by Gasteiger charge is -2.08. The Hall–Kier alpha value is -3.75. The smallest absolute Gasteiger partial charge is 0.327 e. The number of imidazole rings is 1. The van der Waals surface area contributed by atoms with Gasteiger partial charge < -0.3 is 9.30 Å². The molecule has 0 aliphatic heterocycles. The van der Waals surface area contributed by atoms with Crippen LogP contribution >= 0.6 is 0 Å². The van der Waals surface area contributed by atoms with E-state index in [9.17, 15) is 9.59 Å². The minimum absolute atomic E-state index is 0.222. The number of amides is 3. The molecule has 0 atom stereocenters. The van der Waals surface area contributed by atoms with Crippen LogP contribution in [-0.4, -0.2) is 31.5 Å². The third-order valence-corrected chi connectivity index (χ3v) is 3.49. The van der Waals surface area contributed by atoms with E-state index >= 15 is 0 Å². The van der Waals surface area contributed by atoms with Crippen LogP contribution in [0.25, 0.3) is 11.4 Å². The highest BCUT2D eigenvalue weighted by atomic mass is 16.5. The molecule has 3 heterocycles. The lowest BCUT2D eigenvalue weighted by molar-refractivity contribution is -0.119.